The minimum Gasteiger partial charge on any atom is -0.396 e. The van der Waals surface area contributed by atoms with Crippen LogP contribution in [0.1, 0.15) is 85.5 Å². The van der Waals surface area contributed by atoms with Crippen molar-refractivity contribution < 1.29 is 45.3 Å². The van der Waals surface area contributed by atoms with Gasteiger partial charge >= 0.3 is 0 Å². The second-order valence-corrected chi connectivity index (χ2v) is 18.7. The lowest BCUT2D eigenvalue weighted by molar-refractivity contribution is -0.241. The van der Waals surface area contributed by atoms with Gasteiger partial charge in [0.2, 0.25) is 0 Å². The Hall–Kier alpha value is -1.32. The highest BCUT2D eigenvalue weighted by Crippen LogP contribution is 2.73. The summed E-state index contributed by atoms with van der Waals surface area (Å²) in [6.07, 6.45) is 3.36. The minimum absolute atomic E-state index is 0.00288. The maximum absolute atomic E-state index is 15.1. The maximum Gasteiger partial charge on any atom is 0.180 e. The number of carbonyl (C=O) groups excluding carboxylic acids is 1. The van der Waals surface area contributed by atoms with Gasteiger partial charge in [0.15, 0.2) is 5.78 Å². The van der Waals surface area contributed by atoms with Crippen LogP contribution in [0.4, 0.5) is 0 Å². The van der Waals surface area contributed by atoms with Crippen molar-refractivity contribution in [1.29, 1.82) is 0 Å². The molecule has 4 saturated carbocycles. The van der Waals surface area contributed by atoms with Crippen LogP contribution in [0, 0.1) is 64.1 Å². The Morgan fingerprint density at radius 2 is 1.83 bits per heavy atom. The van der Waals surface area contributed by atoms with Crippen LogP contribution in [0.15, 0.2) is 17.1 Å². The molecule has 10 N–H and O–H groups in total. The smallest absolute Gasteiger partial charge is 0.180 e. The number of carbonyl (C=O) groups is 1. The number of aliphatic hydroxyl groups is 7. The Morgan fingerprint density at radius 1 is 1.10 bits per heavy atom. The molecular weight excluding hydrogens is 666 g/mol. The van der Waals surface area contributed by atoms with Crippen LogP contribution in [-0.2, 0) is 9.53 Å². The zero-order chi connectivity index (χ0) is 37.5. The highest BCUT2D eigenvalue weighted by molar-refractivity contribution is 6.42. The van der Waals surface area contributed by atoms with Gasteiger partial charge in [0, 0.05) is 30.5 Å². The first-order chi connectivity index (χ1) is 24.5. The third-order valence-corrected chi connectivity index (χ3v) is 16.0. The summed E-state index contributed by atoms with van der Waals surface area (Å²) >= 11 is 0. The molecule has 19 atom stereocenters. The Morgan fingerprint density at radius 3 is 2.46 bits per heavy atom. The van der Waals surface area contributed by atoms with E-state index in [4.69, 9.17) is 15.5 Å². The molecule has 0 radical (unpaired) electrons. The molecule has 0 aromatic rings. The number of nitrogens with two attached hydrogens (primary N) is 1. The molecule has 1 spiro atoms. The molecule has 5 aliphatic carbocycles. The van der Waals surface area contributed by atoms with Gasteiger partial charge in [-0.05, 0) is 125 Å². The van der Waals surface area contributed by atoms with E-state index in [-0.39, 0.29) is 92.0 Å². The molecule has 0 bridgehead atoms. The predicted octanol–water partition coefficient (Wildman–Crippen LogP) is 0.915. The first-order valence-electron chi connectivity index (χ1n) is 20.2. The number of hydrogen-bond acceptors (Lipinski definition) is 12. The van der Waals surface area contributed by atoms with E-state index in [2.05, 4.69) is 24.4 Å². The molecule has 0 amide bonds. The van der Waals surface area contributed by atoms with E-state index >= 15 is 4.79 Å². The van der Waals surface area contributed by atoms with Crippen molar-refractivity contribution in [2.45, 2.75) is 133 Å². The summed E-state index contributed by atoms with van der Waals surface area (Å²) in [5.41, 5.74) is 1.23. The molecule has 7 aliphatic rings. The summed E-state index contributed by atoms with van der Waals surface area (Å²) in [5.74, 6) is -2.44. The average Bonchev–Trinajstić information content (AvgIpc) is 3.53. The lowest BCUT2D eigenvalue weighted by Crippen LogP contribution is -2.73. The summed E-state index contributed by atoms with van der Waals surface area (Å²) in [5, 5.41) is 85.5. The largest absolute Gasteiger partial charge is 0.396 e. The van der Waals surface area contributed by atoms with Crippen LogP contribution in [0.25, 0.3) is 0 Å². The number of nitrogens with one attached hydrogen (secondary N) is 1. The number of fused-ring (bicyclic) bond motifs is 2. The van der Waals surface area contributed by atoms with Crippen molar-refractivity contribution in [2.24, 2.45) is 74.8 Å². The molecule has 52 heavy (non-hydrogen) atoms. The Bertz CT molecular complexity index is 1400. The molecular formula is C40H65N3O9. The maximum atomic E-state index is 15.1. The fourth-order valence-electron chi connectivity index (χ4n) is 13.3. The van der Waals surface area contributed by atoms with E-state index in [1.807, 2.05) is 6.92 Å². The number of aliphatic imine (C=N–C) groups is 1. The third kappa shape index (κ3) is 5.84. The van der Waals surface area contributed by atoms with Gasteiger partial charge in [0.1, 0.15) is 6.10 Å². The molecule has 12 heteroatoms. The number of rotatable bonds is 8. The number of piperidine rings is 1. The second kappa shape index (κ2) is 14.0. The molecule has 2 heterocycles. The number of nitrogens with zero attached hydrogens (tertiary/aromatic N) is 1. The minimum atomic E-state index is -1.71. The number of ether oxygens (including phenoxy) is 1. The quantitative estimate of drug-likeness (QED) is 0.160. The van der Waals surface area contributed by atoms with Crippen LogP contribution < -0.4 is 11.1 Å². The van der Waals surface area contributed by atoms with E-state index in [0.717, 1.165) is 19.4 Å². The molecule has 294 valence electrons. The molecule has 0 aromatic heterocycles. The number of Topliss-reactive ketones (excluding diaryl/α,β-unsaturated/α-hetero) is 1. The van der Waals surface area contributed by atoms with Crippen LogP contribution >= 0.6 is 0 Å². The highest BCUT2D eigenvalue weighted by atomic mass is 16.5. The van der Waals surface area contributed by atoms with Gasteiger partial charge in [0.25, 0.3) is 0 Å². The van der Waals surface area contributed by atoms with Gasteiger partial charge in [-0.1, -0.05) is 26.0 Å². The SMILES string of the molecule is C[C@@H]1[C@H]([C@@H](O)[C@](C)(O)[C@@H]2CC[C@]3(O)[C@H]4C(=NC[C@H](C)O)C(=O)[C@@H]5C[C@@H](O)[C@@H](O)C[C@@]56C[C@@H](C5CCC(N)NC5)C=C[C@@H](C[C@]23CCO)[C@@H]46)OC[C@@H]1C. The molecule has 2 unspecified atom stereocenters. The highest BCUT2D eigenvalue weighted by Gasteiger charge is 2.77. The van der Waals surface area contributed by atoms with Crippen molar-refractivity contribution in [2.75, 3.05) is 26.3 Å². The van der Waals surface area contributed by atoms with E-state index in [9.17, 15) is 35.7 Å². The molecule has 12 nitrogen and oxygen atoms in total. The van der Waals surface area contributed by atoms with Crippen LogP contribution in [0.2, 0.25) is 0 Å². The first-order valence-corrected chi connectivity index (χ1v) is 20.2. The fourth-order valence-corrected chi connectivity index (χ4v) is 13.3. The lowest BCUT2D eigenvalue weighted by atomic mass is 9.38. The average molecular weight is 732 g/mol. The lowest BCUT2D eigenvalue weighted by Gasteiger charge is -2.67. The Labute approximate surface area is 308 Å². The van der Waals surface area contributed by atoms with Gasteiger partial charge < -0.3 is 51.5 Å². The summed E-state index contributed by atoms with van der Waals surface area (Å²) in [4.78, 5) is 19.9. The number of allylic oxidation sites excluding steroid dienone is 2. The van der Waals surface area contributed by atoms with E-state index < -0.39 is 70.3 Å². The van der Waals surface area contributed by atoms with Gasteiger partial charge in [-0.2, -0.15) is 0 Å². The van der Waals surface area contributed by atoms with Crippen LogP contribution in [-0.4, -0.2) is 121 Å². The predicted molar refractivity (Wildman–Crippen MR) is 194 cm³/mol. The topological polar surface area (TPSA) is 218 Å². The van der Waals surface area contributed by atoms with Gasteiger partial charge in [-0.25, -0.2) is 0 Å². The molecule has 7 rings (SSSR count). The molecule has 2 aliphatic heterocycles. The Kier molecular flexibility index (Phi) is 10.5. The molecule has 6 fully saturated rings. The summed E-state index contributed by atoms with van der Waals surface area (Å²) in [6, 6.07) is 0. The van der Waals surface area contributed by atoms with E-state index in [1.165, 1.54) is 0 Å². The molecule has 2 saturated heterocycles. The summed E-state index contributed by atoms with van der Waals surface area (Å²) in [6.45, 7) is 8.23. The van der Waals surface area contributed by atoms with Crippen LogP contribution in [0.5, 0.6) is 0 Å². The zero-order valence-electron chi connectivity index (χ0n) is 31.5. The summed E-state index contributed by atoms with van der Waals surface area (Å²) < 4.78 is 6.07. The molecule has 0 aromatic carbocycles. The van der Waals surface area contributed by atoms with E-state index in [0.29, 0.717) is 25.9 Å². The number of aliphatic hydroxyl groups excluding tert-OH is 5. The summed E-state index contributed by atoms with van der Waals surface area (Å²) in [7, 11) is 0. The standard InChI is InChI=1S/C40H65N3O9/c1-20-19-52-35(22(20)3)36(49)37(4,50)29-9-10-40(51)32-31-24(15-39(29,40)11-12-44)6-5-23(25-7-8-30(41)42-18-25)14-38(31)16-28(47)27(46)13-26(38)34(48)33(32)43-17-21(2)45/h5-6,20-32,35-36,42,44-47,49-51H,7-19,41H2,1-4H3/t20-,21-,22-,23-,24-,25?,26-,27+,28-,29-,30?,31-,32+,35+,36+,37+,38-,39+,40-/m0/s1. The zero-order valence-corrected chi connectivity index (χ0v) is 31.5. The van der Waals surface area contributed by atoms with Gasteiger partial charge in [-0.15, -0.1) is 0 Å². The number of hydrogen-bond donors (Lipinski definition) is 9. The Balaban J connectivity index is 1.40. The first kappa shape index (κ1) is 38.9. The van der Waals surface area contributed by atoms with Gasteiger partial charge in [0.05, 0.1) is 54.0 Å². The third-order valence-electron chi connectivity index (χ3n) is 16.0. The van der Waals surface area contributed by atoms with Crippen molar-refractivity contribution in [3.8, 4) is 0 Å². The fraction of sp³-hybridized carbons (Fsp3) is 0.900. The van der Waals surface area contributed by atoms with Crippen molar-refractivity contribution in [1.82, 2.24) is 5.32 Å². The van der Waals surface area contributed by atoms with Crippen molar-refractivity contribution in [3.63, 3.8) is 0 Å². The van der Waals surface area contributed by atoms with E-state index in [1.54, 1.807) is 13.8 Å². The monoisotopic (exact) mass is 731 g/mol. The van der Waals surface area contributed by atoms with Gasteiger partial charge in [-0.3, -0.25) is 9.79 Å². The van der Waals surface area contributed by atoms with Crippen molar-refractivity contribution in [3.05, 3.63) is 12.2 Å². The van der Waals surface area contributed by atoms with Crippen molar-refractivity contribution >= 4 is 11.5 Å². The normalized spacial score (nSPS) is 52.0. The second-order valence-electron chi connectivity index (χ2n) is 18.7. The number of ketones is 1. The van der Waals surface area contributed by atoms with Crippen LogP contribution in [0.3, 0.4) is 0 Å².